The number of nitrogens with zero attached hydrogens (tertiary/aromatic N) is 1. The van der Waals surface area contributed by atoms with E-state index in [0.29, 0.717) is 12.0 Å². The molecule has 0 radical (unpaired) electrons. The summed E-state index contributed by atoms with van der Waals surface area (Å²) in [6.45, 7) is 12.3. The maximum absolute atomic E-state index is 3.58. The van der Waals surface area contributed by atoms with Crippen LogP contribution in [0.5, 0.6) is 0 Å². The van der Waals surface area contributed by atoms with Crippen molar-refractivity contribution >= 4 is 5.69 Å². The summed E-state index contributed by atoms with van der Waals surface area (Å²) in [7, 11) is 0. The van der Waals surface area contributed by atoms with Crippen molar-refractivity contribution in [3.63, 3.8) is 0 Å². The van der Waals surface area contributed by atoms with Gasteiger partial charge in [-0.25, -0.2) is 0 Å². The van der Waals surface area contributed by atoms with E-state index in [9.17, 15) is 0 Å². The van der Waals surface area contributed by atoms with Crippen molar-refractivity contribution in [2.45, 2.75) is 33.7 Å². The number of hydrogen-bond donors (Lipinski definition) is 1. The van der Waals surface area contributed by atoms with E-state index in [1.165, 1.54) is 16.8 Å². The lowest BCUT2D eigenvalue weighted by Gasteiger charge is -2.26. The number of rotatable bonds is 1. The normalized spacial score (nSPS) is 25.8. The molecule has 1 fully saturated rings. The molecule has 1 aromatic carbocycles. The highest BCUT2D eigenvalue weighted by molar-refractivity contribution is 5.51. The van der Waals surface area contributed by atoms with Crippen LogP contribution < -0.4 is 10.2 Å². The molecule has 2 unspecified atom stereocenters. The van der Waals surface area contributed by atoms with Gasteiger partial charge in [0.2, 0.25) is 0 Å². The summed E-state index contributed by atoms with van der Waals surface area (Å²) in [5.74, 6) is 0.710. The predicted octanol–water partition coefficient (Wildman–Crippen LogP) is 2.74. The van der Waals surface area contributed by atoms with Gasteiger partial charge in [0.1, 0.15) is 0 Å². The summed E-state index contributed by atoms with van der Waals surface area (Å²) in [6.07, 6.45) is 0. The first-order valence-electron chi connectivity index (χ1n) is 6.62. The minimum Gasteiger partial charge on any atom is -0.370 e. The smallest absolute Gasteiger partial charge is 0.0369 e. The molecular weight excluding hydrogens is 208 g/mol. The zero-order chi connectivity index (χ0) is 12.4. The van der Waals surface area contributed by atoms with Gasteiger partial charge in [-0.1, -0.05) is 13.0 Å². The summed E-state index contributed by atoms with van der Waals surface area (Å²) in [5, 5.41) is 3.58. The van der Waals surface area contributed by atoms with E-state index in [-0.39, 0.29) is 0 Å². The molecule has 0 aliphatic carbocycles. The number of anilines is 1. The van der Waals surface area contributed by atoms with Crippen molar-refractivity contribution in [1.82, 2.24) is 5.32 Å². The van der Waals surface area contributed by atoms with Crippen molar-refractivity contribution in [1.29, 1.82) is 0 Å². The second-order valence-corrected chi connectivity index (χ2v) is 5.59. The minimum atomic E-state index is 0.571. The van der Waals surface area contributed by atoms with Crippen molar-refractivity contribution < 1.29 is 0 Å². The van der Waals surface area contributed by atoms with Gasteiger partial charge in [0, 0.05) is 24.8 Å². The van der Waals surface area contributed by atoms with E-state index in [4.69, 9.17) is 0 Å². The van der Waals surface area contributed by atoms with Crippen LogP contribution in [0.25, 0.3) is 0 Å². The predicted molar refractivity (Wildman–Crippen MR) is 74.8 cm³/mol. The van der Waals surface area contributed by atoms with Crippen LogP contribution in [0.3, 0.4) is 0 Å². The molecule has 1 N–H and O–H groups in total. The number of nitrogens with one attached hydrogen (secondary N) is 1. The Balaban J connectivity index is 2.21. The monoisotopic (exact) mass is 232 g/mol. The Morgan fingerprint density at radius 3 is 2.59 bits per heavy atom. The quantitative estimate of drug-likeness (QED) is 0.801. The van der Waals surface area contributed by atoms with Crippen LogP contribution >= 0.6 is 0 Å². The Hall–Kier alpha value is -1.02. The minimum absolute atomic E-state index is 0.571. The molecule has 1 aliphatic heterocycles. The Bertz CT molecular complexity index is 375. The summed E-state index contributed by atoms with van der Waals surface area (Å²) < 4.78 is 0. The summed E-state index contributed by atoms with van der Waals surface area (Å²) in [6, 6.07) is 7.38. The van der Waals surface area contributed by atoms with Gasteiger partial charge in [0.25, 0.3) is 0 Å². The number of benzene rings is 1. The van der Waals surface area contributed by atoms with Crippen LogP contribution in [0.15, 0.2) is 18.2 Å². The van der Waals surface area contributed by atoms with Crippen LogP contribution in [0.2, 0.25) is 0 Å². The number of hydrogen-bond acceptors (Lipinski definition) is 2. The van der Waals surface area contributed by atoms with Crippen molar-refractivity contribution in [3.05, 3.63) is 29.3 Å². The molecule has 94 valence electrons. The van der Waals surface area contributed by atoms with Crippen molar-refractivity contribution in [3.8, 4) is 0 Å². The molecule has 2 atom stereocenters. The lowest BCUT2D eigenvalue weighted by molar-refractivity contribution is 0.525. The second-order valence-electron chi connectivity index (χ2n) is 5.59. The fourth-order valence-electron chi connectivity index (χ4n) is 2.45. The van der Waals surface area contributed by atoms with E-state index in [1.54, 1.807) is 0 Å². The first-order valence-corrected chi connectivity index (χ1v) is 6.62. The SMILES string of the molecule is Cc1ccc(N2CC(C)CNC(C)C2)cc1C. The molecule has 1 saturated heterocycles. The molecule has 2 rings (SSSR count). The molecule has 1 aliphatic rings. The van der Waals surface area contributed by atoms with Crippen LogP contribution in [-0.2, 0) is 0 Å². The van der Waals surface area contributed by atoms with Gasteiger partial charge in [-0.3, -0.25) is 0 Å². The second kappa shape index (κ2) is 5.09. The van der Waals surface area contributed by atoms with Gasteiger partial charge in [-0.2, -0.15) is 0 Å². The summed E-state index contributed by atoms with van der Waals surface area (Å²) in [5.41, 5.74) is 4.14. The summed E-state index contributed by atoms with van der Waals surface area (Å²) in [4.78, 5) is 2.52. The Morgan fingerprint density at radius 2 is 1.88 bits per heavy atom. The molecule has 17 heavy (non-hydrogen) atoms. The topological polar surface area (TPSA) is 15.3 Å². The molecule has 1 aromatic rings. The van der Waals surface area contributed by atoms with Gasteiger partial charge >= 0.3 is 0 Å². The molecule has 1 heterocycles. The van der Waals surface area contributed by atoms with Crippen molar-refractivity contribution in [2.24, 2.45) is 5.92 Å². The third-order valence-electron chi connectivity index (χ3n) is 3.70. The van der Waals surface area contributed by atoms with Gasteiger partial charge in [0.05, 0.1) is 0 Å². The maximum Gasteiger partial charge on any atom is 0.0369 e. The molecule has 0 amide bonds. The highest BCUT2D eigenvalue weighted by atomic mass is 15.2. The van der Waals surface area contributed by atoms with Gasteiger partial charge < -0.3 is 10.2 Å². The first kappa shape index (κ1) is 12.4. The largest absolute Gasteiger partial charge is 0.370 e. The lowest BCUT2D eigenvalue weighted by Crippen LogP contribution is -2.35. The average Bonchev–Trinajstić information content (AvgIpc) is 2.45. The van der Waals surface area contributed by atoms with Crippen LogP contribution in [0.4, 0.5) is 5.69 Å². The van der Waals surface area contributed by atoms with E-state index in [1.807, 2.05) is 0 Å². The van der Waals surface area contributed by atoms with Gasteiger partial charge in [-0.05, 0) is 56.5 Å². The fraction of sp³-hybridized carbons (Fsp3) is 0.600. The maximum atomic E-state index is 3.58. The lowest BCUT2D eigenvalue weighted by atomic mass is 10.1. The Labute approximate surface area is 105 Å². The third-order valence-corrected chi connectivity index (χ3v) is 3.70. The first-order chi connectivity index (χ1) is 8.06. The zero-order valence-electron chi connectivity index (χ0n) is 11.5. The highest BCUT2D eigenvalue weighted by Crippen LogP contribution is 2.21. The molecule has 2 nitrogen and oxygen atoms in total. The van der Waals surface area contributed by atoms with E-state index in [0.717, 1.165) is 19.6 Å². The molecule has 2 heteroatoms. The van der Waals surface area contributed by atoms with Crippen molar-refractivity contribution in [2.75, 3.05) is 24.5 Å². The Morgan fingerprint density at radius 1 is 1.12 bits per heavy atom. The molecule has 0 bridgehead atoms. The van der Waals surface area contributed by atoms with E-state index >= 15 is 0 Å². The highest BCUT2D eigenvalue weighted by Gasteiger charge is 2.18. The molecular formula is C15H24N2. The van der Waals surface area contributed by atoms with Gasteiger partial charge in [0.15, 0.2) is 0 Å². The number of aryl methyl sites for hydroxylation is 2. The Kier molecular flexibility index (Phi) is 3.72. The fourth-order valence-corrected chi connectivity index (χ4v) is 2.45. The molecule has 0 aromatic heterocycles. The van der Waals surface area contributed by atoms with Crippen LogP contribution in [0, 0.1) is 19.8 Å². The van der Waals surface area contributed by atoms with Gasteiger partial charge in [-0.15, -0.1) is 0 Å². The average molecular weight is 232 g/mol. The molecule has 0 spiro atoms. The third kappa shape index (κ3) is 3.01. The van der Waals surface area contributed by atoms with Crippen LogP contribution in [-0.4, -0.2) is 25.7 Å². The summed E-state index contributed by atoms with van der Waals surface area (Å²) >= 11 is 0. The zero-order valence-corrected chi connectivity index (χ0v) is 11.5. The van der Waals surface area contributed by atoms with E-state index in [2.05, 4.69) is 56.1 Å². The van der Waals surface area contributed by atoms with E-state index < -0.39 is 0 Å². The standard InChI is InChI=1S/C15H24N2/c1-11-8-16-14(4)10-17(9-11)15-6-5-12(2)13(3)7-15/h5-7,11,14,16H,8-10H2,1-4H3. The molecule has 0 saturated carbocycles. The van der Waals surface area contributed by atoms with Crippen LogP contribution in [0.1, 0.15) is 25.0 Å².